The van der Waals surface area contributed by atoms with Crippen LogP contribution in [0.2, 0.25) is 0 Å². The number of sulfonamides is 1. The smallest absolute Gasteiger partial charge is 0.243 e. The molecule has 2 aliphatic heterocycles. The molecule has 7 nitrogen and oxygen atoms in total. The summed E-state index contributed by atoms with van der Waals surface area (Å²) in [5.74, 6) is 1.08. The molecule has 9 heteroatoms. The zero-order valence-corrected chi connectivity index (χ0v) is 15.9. The van der Waals surface area contributed by atoms with Crippen molar-refractivity contribution in [1.82, 2.24) is 9.21 Å². The Morgan fingerprint density at radius 3 is 2.28 bits per heavy atom. The van der Waals surface area contributed by atoms with Gasteiger partial charge in [-0.2, -0.15) is 4.31 Å². The third-order valence-electron chi connectivity index (χ3n) is 4.77. The SMILES string of the molecule is CCOc1ccc(S(=O)(=O)N2CCN([C@@H]3CCS(=O)(=O)C3)CC2)cc1. The van der Waals surface area contributed by atoms with Gasteiger partial charge >= 0.3 is 0 Å². The molecule has 0 aromatic heterocycles. The number of hydrogen-bond donors (Lipinski definition) is 0. The molecule has 3 rings (SSSR count). The molecule has 2 fully saturated rings. The van der Waals surface area contributed by atoms with Gasteiger partial charge in [-0.25, -0.2) is 16.8 Å². The van der Waals surface area contributed by atoms with E-state index in [4.69, 9.17) is 4.74 Å². The Balaban J connectivity index is 1.63. The Morgan fingerprint density at radius 2 is 1.76 bits per heavy atom. The fourth-order valence-electron chi connectivity index (χ4n) is 3.40. The second kappa shape index (κ2) is 7.22. The molecule has 0 bridgehead atoms. The van der Waals surface area contributed by atoms with E-state index in [1.54, 1.807) is 24.3 Å². The third kappa shape index (κ3) is 4.16. The number of benzene rings is 1. The molecule has 0 unspecified atom stereocenters. The number of sulfone groups is 1. The first-order valence-electron chi connectivity index (χ1n) is 8.49. The van der Waals surface area contributed by atoms with Gasteiger partial charge < -0.3 is 4.74 Å². The van der Waals surface area contributed by atoms with Crippen LogP contribution in [0.5, 0.6) is 5.75 Å². The third-order valence-corrected chi connectivity index (χ3v) is 8.43. The monoisotopic (exact) mass is 388 g/mol. The molecule has 0 spiro atoms. The van der Waals surface area contributed by atoms with Crippen molar-refractivity contribution in [2.75, 3.05) is 44.3 Å². The van der Waals surface area contributed by atoms with Crippen LogP contribution >= 0.6 is 0 Å². The lowest BCUT2D eigenvalue weighted by atomic mass is 10.2. The fraction of sp³-hybridized carbons (Fsp3) is 0.625. The molecular formula is C16H24N2O5S2. The van der Waals surface area contributed by atoms with Gasteiger partial charge in [-0.15, -0.1) is 0 Å². The second-order valence-corrected chi connectivity index (χ2v) is 10.6. The van der Waals surface area contributed by atoms with Crippen molar-refractivity contribution in [1.29, 1.82) is 0 Å². The van der Waals surface area contributed by atoms with Crippen LogP contribution in [0.1, 0.15) is 13.3 Å². The number of piperazine rings is 1. The van der Waals surface area contributed by atoms with Gasteiger partial charge in [-0.3, -0.25) is 4.90 Å². The first kappa shape index (κ1) is 18.6. The van der Waals surface area contributed by atoms with Crippen LogP contribution in [0.25, 0.3) is 0 Å². The number of nitrogens with zero attached hydrogens (tertiary/aromatic N) is 2. The van der Waals surface area contributed by atoms with Crippen LogP contribution in [-0.4, -0.2) is 76.4 Å². The highest BCUT2D eigenvalue weighted by atomic mass is 32.2. The predicted octanol–water partition coefficient (Wildman–Crippen LogP) is 0.579. The van der Waals surface area contributed by atoms with Crippen molar-refractivity contribution in [2.45, 2.75) is 24.3 Å². The molecule has 25 heavy (non-hydrogen) atoms. The van der Waals surface area contributed by atoms with Gasteiger partial charge in [0.05, 0.1) is 23.0 Å². The van der Waals surface area contributed by atoms with E-state index in [-0.39, 0.29) is 22.4 Å². The lowest BCUT2D eigenvalue weighted by Gasteiger charge is -2.36. The molecule has 0 radical (unpaired) electrons. The zero-order valence-electron chi connectivity index (χ0n) is 14.3. The van der Waals surface area contributed by atoms with Gasteiger partial charge in [-0.1, -0.05) is 0 Å². The van der Waals surface area contributed by atoms with Crippen LogP contribution in [0.3, 0.4) is 0 Å². The van der Waals surface area contributed by atoms with Crippen LogP contribution in [0.4, 0.5) is 0 Å². The van der Waals surface area contributed by atoms with Crippen molar-refractivity contribution in [3.05, 3.63) is 24.3 Å². The number of hydrogen-bond acceptors (Lipinski definition) is 6. The Hall–Kier alpha value is -1.16. The van der Waals surface area contributed by atoms with E-state index >= 15 is 0 Å². The molecule has 1 aromatic rings. The van der Waals surface area contributed by atoms with Crippen LogP contribution < -0.4 is 4.74 Å². The fourth-order valence-corrected chi connectivity index (χ4v) is 6.58. The highest BCUT2D eigenvalue weighted by molar-refractivity contribution is 7.91. The van der Waals surface area contributed by atoms with E-state index in [0.29, 0.717) is 45.0 Å². The Kier molecular flexibility index (Phi) is 5.38. The molecule has 2 heterocycles. The minimum absolute atomic E-state index is 0.0281. The molecule has 0 N–H and O–H groups in total. The van der Waals surface area contributed by atoms with Gasteiger partial charge in [0.2, 0.25) is 10.0 Å². The summed E-state index contributed by atoms with van der Waals surface area (Å²) in [5.41, 5.74) is 0. The molecule has 140 valence electrons. The topological polar surface area (TPSA) is 84.0 Å². The van der Waals surface area contributed by atoms with E-state index in [1.165, 1.54) is 4.31 Å². The normalized spacial score (nSPS) is 25.1. The molecule has 2 saturated heterocycles. The van der Waals surface area contributed by atoms with E-state index in [1.807, 2.05) is 6.92 Å². The van der Waals surface area contributed by atoms with Gasteiger partial charge in [0.15, 0.2) is 9.84 Å². The summed E-state index contributed by atoms with van der Waals surface area (Å²) < 4.78 is 55.6. The van der Waals surface area contributed by atoms with E-state index in [0.717, 1.165) is 0 Å². The number of ether oxygens (including phenoxy) is 1. The molecule has 0 amide bonds. The van der Waals surface area contributed by atoms with Crippen molar-refractivity contribution in [3.63, 3.8) is 0 Å². The van der Waals surface area contributed by atoms with E-state index in [9.17, 15) is 16.8 Å². The first-order chi connectivity index (χ1) is 11.8. The van der Waals surface area contributed by atoms with Crippen molar-refractivity contribution >= 4 is 19.9 Å². The maximum Gasteiger partial charge on any atom is 0.243 e. The predicted molar refractivity (Wildman–Crippen MR) is 95.0 cm³/mol. The molecule has 1 aromatic carbocycles. The van der Waals surface area contributed by atoms with Crippen molar-refractivity contribution < 1.29 is 21.6 Å². The van der Waals surface area contributed by atoms with E-state index in [2.05, 4.69) is 4.90 Å². The maximum absolute atomic E-state index is 12.8. The summed E-state index contributed by atoms with van der Waals surface area (Å²) in [7, 11) is -6.45. The molecule has 2 aliphatic rings. The summed E-state index contributed by atoms with van der Waals surface area (Å²) in [6.07, 6.45) is 0.647. The number of rotatable bonds is 5. The molecule has 0 saturated carbocycles. The summed E-state index contributed by atoms with van der Waals surface area (Å²) in [5, 5.41) is 0. The Morgan fingerprint density at radius 1 is 1.12 bits per heavy atom. The lowest BCUT2D eigenvalue weighted by molar-refractivity contribution is 0.148. The largest absolute Gasteiger partial charge is 0.494 e. The second-order valence-electron chi connectivity index (χ2n) is 6.40. The van der Waals surface area contributed by atoms with E-state index < -0.39 is 19.9 Å². The van der Waals surface area contributed by atoms with Crippen LogP contribution in [0, 0.1) is 0 Å². The summed E-state index contributed by atoms with van der Waals surface area (Å²) in [6, 6.07) is 6.48. The molecule has 0 aliphatic carbocycles. The highest BCUT2D eigenvalue weighted by Crippen LogP contribution is 2.23. The molecule has 1 atom stereocenters. The minimum atomic E-state index is -3.53. The standard InChI is InChI=1S/C16H24N2O5S2/c1-2-23-15-3-5-16(6-4-15)25(21,22)18-10-8-17(9-11-18)14-7-12-24(19,20)13-14/h3-6,14H,2,7-13H2,1H3/t14-/m1/s1. The quantitative estimate of drug-likeness (QED) is 0.734. The van der Waals surface area contributed by atoms with Gasteiger partial charge in [0.1, 0.15) is 5.75 Å². The lowest BCUT2D eigenvalue weighted by Crippen LogP contribution is -2.52. The Labute approximate surface area is 149 Å². The Bertz CT molecular complexity index is 797. The first-order valence-corrected chi connectivity index (χ1v) is 11.8. The summed E-state index contributed by atoms with van der Waals surface area (Å²) in [6.45, 7) is 4.30. The maximum atomic E-state index is 12.8. The minimum Gasteiger partial charge on any atom is -0.494 e. The van der Waals surface area contributed by atoms with Crippen LogP contribution in [-0.2, 0) is 19.9 Å². The van der Waals surface area contributed by atoms with Gasteiger partial charge in [0, 0.05) is 32.2 Å². The average Bonchev–Trinajstić information content (AvgIpc) is 2.96. The average molecular weight is 389 g/mol. The van der Waals surface area contributed by atoms with Gasteiger partial charge in [0.25, 0.3) is 0 Å². The van der Waals surface area contributed by atoms with Crippen molar-refractivity contribution in [3.8, 4) is 5.75 Å². The van der Waals surface area contributed by atoms with Crippen LogP contribution in [0.15, 0.2) is 29.2 Å². The summed E-state index contributed by atoms with van der Waals surface area (Å²) in [4.78, 5) is 2.36. The summed E-state index contributed by atoms with van der Waals surface area (Å²) >= 11 is 0. The zero-order chi connectivity index (χ0) is 18.1. The van der Waals surface area contributed by atoms with Gasteiger partial charge in [-0.05, 0) is 37.6 Å². The highest BCUT2D eigenvalue weighted by Gasteiger charge is 2.36. The molecular weight excluding hydrogens is 364 g/mol. The van der Waals surface area contributed by atoms with Crippen molar-refractivity contribution in [2.24, 2.45) is 0 Å².